The van der Waals surface area contributed by atoms with E-state index in [9.17, 15) is 9.59 Å². The Bertz CT molecular complexity index is 304. The minimum Gasteiger partial charge on any atom is -0.363 e. The summed E-state index contributed by atoms with van der Waals surface area (Å²) in [6, 6.07) is 1.20. The van der Waals surface area contributed by atoms with E-state index in [4.69, 9.17) is 5.73 Å². The van der Waals surface area contributed by atoms with Crippen LogP contribution in [0.25, 0.3) is 0 Å². The first kappa shape index (κ1) is 6.47. The van der Waals surface area contributed by atoms with Gasteiger partial charge in [-0.15, -0.1) is 0 Å². The number of nitrogens with two attached hydrogens (primary N) is 1. The number of aromatic nitrogens is 2. The molecule has 1 aromatic heterocycles. The van der Waals surface area contributed by atoms with E-state index in [1.807, 2.05) is 0 Å². The van der Waals surface area contributed by atoms with Gasteiger partial charge in [-0.25, -0.2) is 4.98 Å². The van der Waals surface area contributed by atoms with Crippen molar-refractivity contribution in [3.8, 4) is 0 Å². The highest BCUT2D eigenvalue weighted by Crippen LogP contribution is 1.78. The highest BCUT2D eigenvalue weighted by Gasteiger charge is 1.99. The fraction of sp³-hybridized carbons (Fsp3) is 0. The molecule has 0 aliphatic rings. The van der Waals surface area contributed by atoms with Gasteiger partial charge in [0.2, 0.25) is 0 Å². The van der Waals surface area contributed by atoms with Crippen LogP contribution in [0.15, 0.2) is 17.1 Å². The van der Waals surface area contributed by atoms with Gasteiger partial charge < -0.3 is 10.7 Å². The van der Waals surface area contributed by atoms with Crippen molar-refractivity contribution in [3.05, 3.63) is 28.4 Å². The Morgan fingerprint density at radius 2 is 2.40 bits per heavy atom. The average Bonchev–Trinajstić information content (AvgIpc) is 1.88. The fourth-order valence-electron chi connectivity index (χ4n) is 0.495. The Hall–Kier alpha value is -1.65. The predicted octanol–water partition coefficient (Wildman–Crippen LogP) is -1.13. The van der Waals surface area contributed by atoms with Gasteiger partial charge in [0, 0.05) is 12.3 Å². The van der Waals surface area contributed by atoms with Crippen molar-refractivity contribution in [1.82, 2.24) is 9.97 Å². The number of amides is 1. The molecule has 5 heteroatoms. The molecule has 3 N–H and O–H groups in total. The van der Waals surface area contributed by atoms with Gasteiger partial charge in [-0.1, -0.05) is 0 Å². The molecule has 0 atom stereocenters. The summed E-state index contributed by atoms with van der Waals surface area (Å²) in [4.78, 5) is 26.5. The Labute approximate surface area is 55.9 Å². The molecule has 1 rings (SSSR count). The van der Waals surface area contributed by atoms with Gasteiger partial charge >= 0.3 is 0 Å². The molecule has 0 aromatic carbocycles. The van der Waals surface area contributed by atoms with E-state index in [0.29, 0.717) is 0 Å². The van der Waals surface area contributed by atoms with Gasteiger partial charge in [-0.05, 0) is 0 Å². The lowest BCUT2D eigenvalue weighted by Crippen LogP contribution is -2.19. The summed E-state index contributed by atoms with van der Waals surface area (Å²) in [5.74, 6) is -0.856. The van der Waals surface area contributed by atoms with E-state index >= 15 is 0 Å². The standard InChI is InChI=1S/C5H5N3O2/c6-4(10)5-7-2-1-3(9)8-5/h1-2H,(H2,6,10)(H,7,8,9). The van der Waals surface area contributed by atoms with Crippen molar-refractivity contribution in [3.63, 3.8) is 0 Å². The number of carbonyl (C=O) groups excluding carboxylic acids is 1. The Balaban J connectivity index is 3.20. The van der Waals surface area contributed by atoms with Crippen LogP contribution in [0.5, 0.6) is 0 Å². The monoisotopic (exact) mass is 139 g/mol. The highest BCUT2D eigenvalue weighted by atomic mass is 16.1. The van der Waals surface area contributed by atoms with E-state index < -0.39 is 5.91 Å². The molecule has 0 radical (unpaired) electrons. The van der Waals surface area contributed by atoms with Crippen LogP contribution in [-0.2, 0) is 0 Å². The van der Waals surface area contributed by atoms with Crippen LogP contribution < -0.4 is 11.3 Å². The largest absolute Gasteiger partial charge is 0.363 e. The third-order valence-electron chi connectivity index (χ3n) is 0.905. The van der Waals surface area contributed by atoms with E-state index in [0.717, 1.165) is 0 Å². The second-order valence-electron chi connectivity index (χ2n) is 1.65. The number of carbonyl (C=O) groups is 1. The predicted molar refractivity (Wildman–Crippen MR) is 33.4 cm³/mol. The molecule has 0 bridgehead atoms. The van der Waals surface area contributed by atoms with Gasteiger partial charge in [-0.2, -0.15) is 0 Å². The summed E-state index contributed by atoms with van der Waals surface area (Å²) in [6.45, 7) is 0. The van der Waals surface area contributed by atoms with Crippen LogP contribution in [0.2, 0.25) is 0 Å². The number of hydrogen-bond acceptors (Lipinski definition) is 3. The van der Waals surface area contributed by atoms with Crippen LogP contribution in [0.1, 0.15) is 10.6 Å². The molecule has 5 nitrogen and oxygen atoms in total. The number of primary amides is 1. The van der Waals surface area contributed by atoms with Crippen molar-refractivity contribution in [2.75, 3.05) is 0 Å². The van der Waals surface area contributed by atoms with Crippen LogP contribution in [0.3, 0.4) is 0 Å². The number of rotatable bonds is 1. The van der Waals surface area contributed by atoms with Gasteiger partial charge in [0.15, 0.2) is 5.82 Å². The minimum atomic E-state index is -0.738. The summed E-state index contributed by atoms with van der Waals surface area (Å²) in [5, 5.41) is 0. The number of nitrogens with zero attached hydrogens (tertiary/aromatic N) is 1. The van der Waals surface area contributed by atoms with Gasteiger partial charge in [-0.3, -0.25) is 9.59 Å². The second-order valence-corrected chi connectivity index (χ2v) is 1.65. The SMILES string of the molecule is NC(=O)c1nccc(=O)[nH]1. The molecule has 0 unspecified atom stereocenters. The van der Waals surface area contributed by atoms with Crippen molar-refractivity contribution in [1.29, 1.82) is 0 Å². The summed E-state index contributed by atoms with van der Waals surface area (Å²) in [5.41, 5.74) is 4.43. The summed E-state index contributed by atoms with van der Waals surface area (Å²) in [6.07, 6.45) is 1.22. The zero-order valence-corrected chi connectivity index (χ0v) is 5.00. The van der Waals surface area contributed by atoms with Crippen LogP contribution in [0, 0.1) is 0 Å². The zero-order chi connectivity index (χ0) is 7.56. The van der Waals surface area contributed by atoms with Crippen LogP contribution in [-0.4, -0.2) is 15.9 Å². The lowest BCUT2D eigenvalue weighted by atomic mass is 10.5. The van der Waals surface area contributed by atoms with Gasteiger partial charge in [0.1, 0.15) is 0 Å². The lowest BCUT2D eigenvalue weighted by Gasteiger charge is -1.89. The molecule has 0 saturated carbocycles. The molecule has 0 aliphatic carbocycles. The number of nitrogens with one attached hydrogen (secondary N) is 1. The van der Waals surface area contributed by atoms with Crippen molar-refractivity contribution in [2.24, 2.45) is 5.73 Å². The van der Waals surface area contributed by atoms with Crippen LogP contribution >= 0.6 is 0 Å². The minimum absolute atomic E-state index is 0.118. The molecule has 0 saturated heterocycles. The summed E-state index contributed by atoms with van der Waals surface area (Å²) in [7, 11) is 0. The first-order chi connectivity index (χ1) is 4.70. The summed E-state index contributed by atoms with van der Waals surface area (Å²) >= 11 is 0. The van der Waals surface area contributed by atoms with E-state index in [2.05, 4.69) is 9.97 Å². The fourth-order valence-corrected chi connectivity index (χ4v) is 0.495. The molecule has 0 aliphatic heterocycles. The van der Waals surface area contributed by atoms with E-state index in [1.54, 1.807) is 0 Å². The highest BCUT2D eigenvalue weighted by molar-refractivity contribution is 5.88. The number of H-pyrrole nitrogens is 1. The average molecular weight is 139 g/mol. The molecule has 52 valence electrons. The van der Waals surface area contributed by atoms with E-state index in [1.165, 1.54) is 12.3 Å². The zero-order valence-electron chi connectivity index (χ0n) is 5.00. The smallest absolute Gasteiger partial charge is 0.284 e. The Morgan fingerprint density at radius 1 is 1.70 bits per heavy atom. The molecule has 0 spiro atoms. The maximum absolute atomic E-state index is 10.5. The quantitative estimate of drug-likeness (QED) is 0.515. The van der Waals surface area contributed by atoms with Crippen molar-refractivity contribution >= 4 is 5.91 Å². The third kappa shape index (κ3) is 1.19. The topological polar surface area (TPSA) is 88.8 Å². The maximum atomic E-state index is 10.5. The van der Waals surface area contributed by atoms with Crippen molar-refractivity contribution in [2.45, 2.75) is 0 Å². The Kier molecular flexibility index (Phi) is 1.49. The lowest BCUT2D eigenvalue weighted by molar-refractivity contribution is 0.0990. The number of aromatic amines is 1. The number of hydrogen-bond donors (Lipinski definition) is 2. The molecule has 1 heterocycles. The second kappa shape index (κ2) is 2.30. The van der Waals surface area contributed by atoms with E-state index in [-0.39, 0.29) is 11.4 Å². The third-order valence-corrected chi connectivity index (χ3v) is 0.905. The maximum Gasteiger partial charge on any atom is 0.284 e. The molecular formula is C5H5N3O2. The molecular weight excluding hydrogens is 134 g/mol. The summed E-state index contributed by atoms with van der Waals surface area (Å²) < 4.78 is 0. The molecule has 0 fully saturated rings. The molecule has 1 amide bonds. The normalized spacial score (nSPS) is 9.20. The van der Waals surface area contributed by atoms with Gasteiger partial charge in [0.05, 0.1) is 0 Å². The van der Waals surface area contributed by atoms with Crippen molar-refractivity contribution < 1.29 is 4.79 Å². The Morgan fingerprint density at radius 3 is 2.80 bits per heavy atom. The molecule has 10 heavy (non-hydrogen) atoms. The van der Waals surface area contributed by atoms with Gasteiger partial charge in [0.25, 0.3) is 11.5 Å². The van der Waals surface area contributed by atoms with Crippen LogP contribution in [0.4, 0.5) is 0 Å². The first-order valence-corrected chi connectivity index (χ1v) is 2.55. The molecule has 1 aromatic rings. The first-order valence-electron chi connectivity index (χ1n) is 2.55.